The van der Waals surface area contributed by atoms with Crippen molar-refractivity contribution >= 4 is 5.69 Å². The van der Waals surface area contributed by atoms with Crippen LogP contribution in [0.25, 0.3) is 0 Å². The SMILES string of the molecule is CC(C)(C)C[n+]1ccc(N2CCCC2)cc1. The van der Waals surface area contributed by atoms with Crippen LogP contribution in [0.3, 0.4) is 0 Å². The average molecular weight is 219 g/mol. The molecule has 2 heteroatoms. The van der Waals surface area contributed by atoms with Gasteiger partial charge in [-0.05, 0) is 12.8 Å². The molecule has 0 amide bonds. The van der Waals surface area contributed by atoms with E-state index in [0.29, 0.717) is 5.41 Å². The summed E-state index contributed by atoms with van der Waals surface area (Å²) < 4.78 is 2.28. The summed E-state index contributed by atoms with van der Waals surface area (Å²) in [6, 6.07) is 4.49. The Balaban J connectivity index is 2.04. The lowest BCUT2D eigenvalue weighted by Gasteiger charge is -2.17. The summed E-state index contributed by atoms with van der Waals surface area (Å²) >= 11 is 0. The Morgan fingerprint density at radius 3 is 2.19 bits per heavy atom. The highest BCUT2D eigenvalue weighted by molar-refractivity contribution is 5.44. The lowest BCUT2D eigenvalue weighted by atomic mass is 9.97. The molecule has 88 valence electrons. The Labute approximate surface area is 98.9 Å². The van der Waals surface area contributed by atoms with E-state index < -0.39 is 0 Å². The van der Waals surface area contributed by atoms with Crippen molar-refractivity contribution in [2.45, 2.75) is 40.2 Å². The fraction of sp³-hybridized carbons (Fsp3) is 0.643. The van der Waals surface area contributed by atoms with Crippen molar-refractivity contribution in [3.8, 4) is 0 Å². The summed E-state index contributed by atoms with van der Waals surface area (Å²) in [5.41, 5.74) is 1.72. The molecule has 0 atom stereocenters. The summed E-state index contributed by atoms with van der Waals surface area (Å²) in [6.07, 6.45) is 7.10. The normalized spacial score (nSPS) is 16.8. The second-order valence-electron chi connectivity index (χ2n) is 5.98. The van der Waals surface area contributed by atoms with E-state index in [-0.39, 0.29) is 0 Å². The van der Waals surface area contributed by atoms with E-state index in [1.54, 1.807) is 0 Å². The van der Waals surface area contributed by atoms with Gasteiger partial charge in [-0.2, -0.15) is 0 Å². The van der Waals surface area contributed by atoms with Gasteiger partial charge in [0.15, 0.2) is 18.9 Å². The van der Waals surface area contributed by atoms with E-state index in [1.807, 2.05) is 0 Å². The number of pyridine rings is 1. The molecule has 0 aromatic carbocycles. The minimum Gasteiger partial charge on any atom is -0.371 e. The maximum absolute atomic E-state index is 2.47. The highest BCUT2D eigenvalue weighted by atomic mass is 15.1. The largest absolute Gasteiger partial charge is 0.371 e. The maximum Gasteiger partial charge on any atom is 0.170 e. The van der Waals surface area contributed by atoms with Gasteiger partial charge in [0.05, 0.1) is 0 Å². The van der Waals surface area contributed by atoms with E-state index in [9.17, 15) is 0 Å². The van der Waals surface area contributed by atoms with Crippen molar-refractivity contribution in [3.05, 3.63) is 24.5 Å². The van der Waals surface area contributed by atoms with Gasteiger partial charge in [0.2, 0.25) is 0 Å². The number of hydrogen-bond donors (Lipinski definition) is 0. The van der Waals surface area contributed by atoms with Crippen LogP contribution in [-0.2, 0) is 6.54 Å². The molecule has 0 unspecified atom stereocenters. The summed E-state index contributed by atoms with van der Waals surface area (Å²) in [5.74, 6) is 0. The minimum absolute atomic E-state index is 0.347. The van der Waals surface area contributed by atoms with Gasteiger partial charge in [0.25, 0.3) is 0 Å². The first-order chi connectivity index (χ1) is 7.54. The molecule has 0 aliphatic carbocycles. The molecule has 0 radical (unpaired) electrons. The number of hydrogen-bond acceptors (Lipinski definition) is 1. The number of rotatable bonds is 2. The molecule has 0 saturated carbocycles. The van der Waals surface area contributed by atoms with Crippen molar-refractivity contribution in [2.24, 2.45) is 5.41 Å². The quantitative estimate of drug-likeness (QED) is 0.694. The molecule has 1 aliphatic rings. The van der Waals surface area contributed by atoms with Gasteiger partial charge in [-0.25, -0.2) is 4.57 Å². The smallest absolute Gasteiger partial charge is 0.170 e. The molecule has 2 heterocycles. The Bertz CT molecular complexity index is 329. The number of anilines is 1. The van der Waals surface area contributed by atoms with Crippen molar-refractivity contribution < 1.29 is 4.57 Å². The first kappa shape index (κ1) is 11.4. The predicted molar refractivity (Wildman–Crippen MR) is 67.5 cm³/mol. The standard InChI is InChI=1S/C14H23N2/c1-14(2,3)12-15-10-6-13(7-11-15)16-8-4-5-9-16/h6-7,10-11H,4-5,8-9,12H2,1-3H3/q+1. The molecule has 2 nitrogen and oxygen atoms in total. The molecule has 1 aromatic rings. The molecule has 1 aromatic heterocycles. The molecule has 2 rings (SSSR count). The Morgan fingerprint density at radius 1 is 1.12 bits per heavy atom. The number of nitrogens with zero attached hydrogens (tertiary/aromatic N) is 2. The Morgan fingerprint density at radius 2 is 1.69 bits per heavy atom. The van der Waals surface area contributed by atoms with Crippen LogP contribution in [-0.4, -0.2) is 13.1 Å². The van der Waals surface area contributed by atoms with Crippen molar-refractivity contribution in [1.29, 1.82) is 0 Å². The molecule has 16 heavy (non-hydrogen) atoms. The van der Waals surface area contributed by atoms with Gasteiger partial charge in [-0.1, -0.05) is 20.8 Å². The fourth-order valence-corrected chi connectivity index (χ4v) is 2.29. The Hall–Kier alpha value is -1.05. The molecule has 1 saturated heterocycles. The zero-order valence-electron chi connectivity index (χ0n) is 10.7. The average Bonchev–Trinajstić information content (AvgIpc) is 2.69. The van der Waals surface area contributed by atoms with E-state index in [1.165, 1.54) is 31.6 Å². The third-order valence-electron chi connectivity index (χ3n) is 3.00. The van der Waals surface area contributed by atoms with Crippen LogP contribution in [0.15, 0.2) is 24.5 Å². The maximum atomic E-state index is 2.47. The highest BCUT2D eigenvalue weighted by Crippen LogP contribution is 2.18. The second kappa shape index (κ2) is 4.44. The van der Waals surface area contributed by atoms with E-state index >= 15 is 0 Å². The van der Waals surface area contributed by atoms with Crippen LogP contribution >= 0.6 is 0 Å². The van der Waals surface area contributed by atoms with Crippen LogP contribution < -0.4 is 9.47 Å². The highest BCUT2D eigenvalue weighted by Gasteiger charge is 2.17. The second-order valence-corrected chi connectivity index (χ2v) is 5.98. The van der Waals surface area contributed by atoms with Crippen LogP contribution in [0.4, 0.5) is 5.69 Å². The van der Waals surface area contributed by atoms with Gasteiger partial charge in [-0.3, -0.25) is 0 Å². The molecular weight excluding hydrogens is 196 g/mol. The van der Waals surface area contributed by atoms with Crippen molar-refractivity contribution in [2.75, 3.05) is 18.0 Å². The van der Waals surface area contributed by atoms with Crippen LogP contribution in [0, 0.1) is 5.41 Å². The monoisotopic (exact) mass is 219 g/mol. The third-order valence-corrected chi connectivity index (χ3v) is 3.00. The van der Waals surface area contributed by atoms with Crippen LogP contribution in [0.1, 0.15) is 33.6 Å². The molecule has 0 bridgehead atoms. The molecule has 1 fully saturated rings. The van der Waals surface area contributed by atoms with E-state index in [2.05, 4.69) is 54.8 Å². The van der Waals surface area contributed by atoms with Crippen LogP contribution in [0.2, 0.25) is 0 Å². The Kier molecular flexibility index (Phi) is 3.17. The lowest BCUT2D eigenvalue weighted by molar-refractivity contribution is -0.708. The summed E-state index contributed by atoms with van der Waals surface area (Å²) in [4.78, 5) is 2.47. The predicted octanol–water partition coefficient (Wildman–Crippen LogP) is 2.62. The van der Waals surface area contributed by atoms with E-state index in [0.717, 1.165) is 6.54 Å². The third kappa shape index (κ3) is 2.97. The van der Waals surface area contributed by atoms with Gasteiger partial charge in [-0.15, -0.1) is 0 Å². The van der Waals surface area contributed by atoms with Gasteiger partial charge in [0, 0.05) is 36.3 Å². The minimum atomic E-state index is 0.347. The number of aromatic nitrogens is 1. The topological polar surface area (TPSA) is 7.12 Å². The molecule has 0 spiro atoms. The van der Waals surface area contributed by atoms with Gasteiger partial charge < -0.3 is 4.90 Å². The fourth-order valence-electron chi connectivity index (χ4n) is 2.29. The van der Waals surface area contributed by atoms with Crippen LogP contribution in [0.5, 0.6) is 0 Å². The first-order valence-corrected chi connectivity index (χ1v) is 6.29. The zero-order chi connectivity index (χ0) is 11.6. The van der Waals surface area contributed by atoms with Crippen molar-refractivity contribution in [1.82, 2.24) is 0 Å². The zero-order valence-corrected chi connectivity index (χ0v) is 10.7. The molecular formula is C14H23N2+. The van der Waals surface area contributed by atoms with Crippen molar-refractivity contribution in [3.63, 3.8) is 0 Å². The summed E-state index contributed by atoms with van der Waals surface area (Å²) in [6.45, 7) is 10.3. The molecule has 0 N–H and O–H groups in total. The van der Waals surface area contributed by atoms with Gasteiger partial charge in [0.1, 0.15) is 0 Å². The summed E-state index contributed by atoms with van der Waals surface area (Å²) in [7, 11) is 0. The lowest BCUT2D eigenvalue weighted by Crippen LogP contribution is -2.39. The van der Waals surface area contributed by atoms with E-state index in [4.69, 9.17) is 0 Å². The first-order valence-electron chi connectivity index (χ1n) is 6.29. The molecule has 1 aliphatic heterocycles. The summed E-state index contributed by atoms with van der Waals surface area (Å²) in [5, 5.41) is 0. The van der Waals surface area contributed by atoms with Gasteiger partial charge >= 0.3 is 0 Å².